The van der Waals surface area contributed by atoms with Gasteiger partial charge >= 0.3 is 0 Å². The monoisotopic (exact) mass is 394 g/mol. The molecule has 0 N–H and O–H groups in total. The standard InChI is InChI=1S/C26H19ClN2/c27-26-23-22(16-17-28-26)24(20-12-6-2-7-13-20)29(18-19-10-4-1-5-11-19)25(23)21-14-8-3-9-15-21/h1-17H,18H2. The van der Waals surface area contributed by atoms with Crippen LogP contribution in [0.15, 0.2) is 103 Å². The van der Waals surface area contributed by atoms with Crippen LogP contribution < -0.4 is 0 Å². The lowest BCUT2D eigenvalue weighted by molar-refractivity contribution is 0.826. The molecule has 2 nitrogen and oxygen atoms in total. The van der Waals surface area contributed by atoms with Crippen molar-refractivity contribution in [2.45, 2.75) is 6.54 Å². The van der Waals surface area contributed by atoms with E-state index in [4.69, 9.17) is 11.6 Å². The maximum absolute atomic E-state index is 6.66. The molecule has 0 unspecified atom stereocenters. The molecular formula is C26H19ClN2. The van der Waals surface area contributed by atoms with Crippen molar-refractivity contribution in [1.29, 1.82) is 0 Å². The molecule has 5 aromatic rings. The zero-order valence-corrected chi connectivity index (χ0v) is 16.6. The first-order valence-corrected chi connectivity index (χ1v) is 10.0. The van der Waals surface area contributed by atoms with E-state index < -0.39 is 0 Å². The quantitative estimate of drug-likeness (QED) is 0.298. The van der Waals surface area contributed by atoms with E-state index in [1.807, 2.05) is 18.2 Å². The summed E-state index contributed by atoms with van der Waals surface area (Å²) in [5.74, 6) is 0. The minimum atomic E-state index is 0.533. The smallest absolute Gasteiger partial charge is 0.139 e. The summed E-state index contributed by atoms with van der Waals surface area (Å²) in [5, 5.41) is 2.64. The summed E-state index contributed by atoms with van der Waals surface area (Å²) in [5.41, 5.74) is 5.80. The van der Waals surface area contributed by atoms with Crippen molar-refractivity contribution in [3.8, 4) is 22.5 Å². The molecule has 29 heavy (non-hydrogen) atoms. The number of aromatic nitrogens is 2. The van der Waals surface area contributed by atoms with Crippen LogP contribution in [0.3, 0.4) is 0 Å². The largest absolute Gasteiger partial charge is 0.335 e. The normalized spacial score (nSPS) is 11.1. The number of fused-ring (bicyclic) bond motifs is 1. The Bertz CT molecular complexity index is 1260. The zero-order chi connectivity index (χ0) is 19.6. The second kappa shape index (κ2) is 7.57. The highest BCUT2D eigenvalue weighted by Gasteiger charge is 2.22. The number of hydrogen-bond acceptors (Lipinski definition) is 1. The van der Waals surface area contributed by atoms with Crippen molar-refractivity contribution >= 4 is 22.4 Å². The first-order valence-electron chi connectivity index (χ1n) is 9.64. The van der Waals surface area contributed by atoms with Crippen LogP contribution in [0.4, 0.5) is 0 Å². The Labute approximate surface area is 175 Å². The molecule has 0 saturated heterocycles. The third-order valence-corrected chi connectivity index (χ3v) is 5.50. The summed E-state index contributed by atoms with van der Waals surface area (Å²) < 4.78 is 2.37. The summed E-state index contributed by atoms with van der Waals surface area (Å²) in [4.78, 5) is 4.40. The van der Waals surface area contributed by atoms with Gasteiger partial charge in [0.15, 0.2) is 0 Å². The van der Waals surface area contributed by atoms with Gasteiger partial charge in [0.05, 0.1) is 11.4 Å². The Balaban J connectivity index is 1.89. The molecule has 0 saturated carbocycles. The highest BCUT2D eigenvalue weighted by Crippen LogP contribution is 2.42. The van der Waals surface area contributed by atoms with Gasteiger partial charge in [0.1, 0.15) is 5.15 Å². The predicted octanol–water partition coefficient (Wildman–Crippen LogP) is 7.07. The minimum absolute atomic E-state index is 0.533. The van der Waals surface area contributed by atoms with E-state index in [2.05, 4.69) is 88.4 Å². The van der Waals surface area contributed by atoms with Gasteiger partial charge in [-0.2, -0.15) is 0 Å². The Morgan fingerprint density at radius 2 is 1.21 bits per heavy atom. The number of pyridine rings is 1. The van der Waals surface area contributed by atoms with Gasteiger partial charge in [-0.15, -0.1) is 0 Å². The zero-order valence-electron chi connectivity index (χ0n) is 15.8. The van der Waals surface area contributed by atoms with Crippen molar-refractivity contribution in [2.75, 3.05) is 0 Å². The van der Waals surface area contributed by atoms with Gasteiger partial charge in [-0.05, 0) is 22.8 Å². The highest BCUT2D eigenvalue weighted by atomic mass is 35.5. The number of halogens is 1. The molecule has 0 aliphatic heterocycles. The fraction of sp³-hybridized carbons (Fsp3) is 0.0385. The second-order valence-corrected chi connectivity index (χ2v) is 7.38. The molecular weight excluding hydrogens is 376 g/mol. The molecule has 3 heteroatoms. The Kier molecular flexibility index (Phi) is 4.63. The molecule has 0 amide bonds. The average Bonchev–Trinajstić information content (AvgIpc) is 3.10. The van der Waals surface area contributed by atoms with E-state index >= 15 is 0 Å². The van der Waals surface area contributed by atoms with Gasteiger partial charge in [-0.3, -0.25) is 0 Å². The third kappa shape index (κ3) is 3.22. The van der Waals surface area contributed by atoms with Crippen LogP contribution in [-0.4, -0.2) is 9.55 Å². The number of benzene rings is 3. The highest BCUT2D eigenvalue weighted by molar-refractivity contribution is 6.36. The lowest BCUT2D eigenvalue weighted by Crippen LogP contribution is -2.04. The molecule has 2 aromatic heterocycles. The van der Waals surface area contributed by atoms with E-state index in [0.29, 0.717) is 5.15 Å². The van der Waals surface area contributed by atoms with Gasteiger partial charge in [-0.25, -0.2) is 4.98 Å². The summed E-state index contributed by atoms with van der Waals surface area (Å²) in [6.45, 7) is 0.750. The lowest BCUT2D eigenvalue weighted by atomic mass is 10.1. The van der Waals surface area contributed by atoms with Crippen LogP contribution in [-0.2, 0) is 6.54 Å². The van der Waals surface area contributed by atoms with Crippen LogP contribution in [0.25, 0.3) is 33.3 Å². The third-order valence-electron chi connectivity index (χ3n) is 5.21. The van der Waals surface area contributed by atoms with E-state index in [9.17, 15) is 0 Å². The molecule has 3 aromatic carbocycles. The van der Waals surface area contributed by atoms with E-state index in [1.165, 1.54) is 5.56 Å². The summed E-state index contributed by atoms with van der Waals surface area (Å²) >= 11 is 6.66. The SMILES string of the molecule is Clc1nccc2c(-c3ccccc3)n(Cc3ccccc3)c(-c3ccccc3)c12. The van der Waals surface area contributed by atoms with Crippen LogP contribution in [0.5, 0.6) is 0 Å². The molecule has 0 aliphatic carbocycles. The summed E-state index contributed by atoms with van der Waals surface area (Å²) in [7, 11) is 0. The molecule has 2 heterocycles. The number of hydrogen-bond donors (Lipinski definition) is 0. The van der Waals surface area contributed by atoms with Crippen LogP contribution in [0.2, 0.25) is 5.15 Å². The van der Waals surface area contributed by atoms with Gasteiger partial charge in [0, 0.05) is 23.5 Å². The first kappa shape index (κ1) is 17.7. The molecule has 0 bridgehead atoms. The second-order valence-electron chi connectivity index (χ2n) is 7.03. The van der Waals surface area contributed by atoms with Crippen molar-refractivity contribution < 1.29 is 0 Å². The molecule has 0 fully saturated rings. The number of nitrogens with zero attached hydrogens (tertiary/aromatic N) is 2. The van der Waals surface area contributed by atoms with Gasteiger partial charge in [-0.1, -0.05) is 103 Å². The van der Waals surface area contributed by atoms with Gasteiger partial charge in [0.25, 0.3) is 0 Å². The van der Waals surface area contributed by atoms with Crippen molar-refractivity contribution in [3.05, 3.63) is 114 Å². The van der Waals surface area contributed by atoms with Gasteiger partial charge < -0.3 is 4.57 Å². The molecule has 0 aliphatic rings. The molecule has 0 radical (unpaired) electrons. The first-order chi connectivity index (χ1) is 14.3. The van der Waals surface area contributed by atoms with E-state index in [1.54, 1.807) is 6.20 Å². The fourth-order valence-corrected chi connectivity index (χ4v) is 4.23. The predicted molar refractivity (Wildman–Crippen MR) is 121 cm³/mol. The van der Waals surface area contributed by atoms with Crippen molar-refractivity contribution in [1.82, 2.24) is 9.55 Å². The molecule has 140 valence electrons. The van der Waals surface area contributed by atoms with Crippen LogP contribution >= 0.6 is 11.6 Å². The van der Waals surface area contributed by atoms with Crippen LogP contribution in [0.1, 0.15) is 5.56 Å². The topological polar surface area (TPSA) is 17.8 Å². The maximum Gasteiger partial charge on any atom is 0.139 e. The van der Waals surface area contributed by atoms with Gasteiger partial charge in [0.2, 0.25) is 0 Å². The van der Waals surface area contributed by atoms with E-state index in [0.717, 1.165) is 39.8 Å². The summed E-state index contributed by atoms with van der Waals surface area (Å²) in [6, 6.07) is 33.5. The Morgan fingerprint density at radius 3 is 1.83 bits per heavy atom. The Morgan fingerprint density at radius 1 is 0.655 bits per heavy atom. The maximum atomic E-state index is 6.66. The minimum Gasteiger partial charge on any atom is -0.335 e. The van der Waals surface area contributed by atoms with Crippen molar-refractivity contribution in [3.63, 3.8) is 0 Å². The van der Waals surface area contributed by atoms with Crippen molar-refractivity contribution in [2.24, 2.45) is 0 Å². The lowest BCUT2D eigenvalue weighted by Gasteiger charge is -2.15. The Hall–Kier alpha value is -3.36. The molecule has 0 spiro atoms. The van der Waals surface area contributed by atoms with Crippen LogP contribution in [0, 0.1) is 0 Å². The molecule has 5 rings (SSSR count). The molecule has 0 atom stereocenters. The average molecular weight is 395 g/mol. The van der Waals surface area contributed by atoms with E-state index in [-0.39, 0.29) is 0 Å². The fourth-order valence-electron chi connectivity index (χ4n) is 3.98. The summed E-state index contributed by atoms with van der Waals surface area (Å²) in [6.07, 6.45) is 1.79. The number of rotatable bonds is 4.